The molecule has 4 nitrogen and oxygen atoms in total. The Bertz CT molecular complexity index is 1270. The van der Waals surface area contributed by atoms with Crippen LogP contribution in [0.4, 0.5) is 0 Å². The van der Waals surface area contributed by atoms with Crippen LogP contribution in [0.1, 0.15) is 40.7 Å². The predicted molar refractivity (Wildman–Crippen MR) is 115 cm³/mol. The first kappa shape index (κ1) is 17.8. The molecule has 0 radical (unpaired) electrons. The molecule has 0 atom stereocenters. The molecular formula is C25H23N3O. The van der Waals surface area contributed by atoms with Crippen molar-refractivity contribution in [2.45, 2.75) is 45.2 Å². The molecule has 0 aliphatic carbocycles. The van der Waals surface area contributed by atoms with Gasteiger partial charge in [-0.2, -0.15) is 5.26 Å². The van der Waals surface area contributed by atoms with E-state index < -0.39 is 0 Å². The molecule has 29 heavy (non-hydrogen) atoms. The molecule has 144 valence electrons. The number of rotatable bonds is 2. The van der Waals surface area contributed by atoms with Gasteiger partial charge >= 0.3 is 0 Å². The fourth-order valence-corrected chi connectivity index (χ4v) is 4.81. The van der Waals surface area contributed by atoms with Crippen LogP contribution in [0.3, 0.4) is 0 Å². The summed E-state index contributed by atoms with van der Waals surface area (Å²) in [5.41, 5.74) is 6.17. The lowest BCUT2D eigenvalue weighted by Gasteiger charge is -2.14. The van der Waals surface area contributed by atoms with Gasteiger partial charge in [-0.3, -0.25) is 4.79 Å². The standard InChI is InChI=1S/C14H12N2O.C11H11N/c15-7-6-13(17)12-9-16-8-2-4-10-3-1-5-11(12)14(10)16;1-3-9-5-2-7-12-8-6-10(4-1)11(9)12/h1,3,5,9H,2,4,6,8H2;1,3-4,6,8H,2,5,7H2. The summed E-state index contributed by atoms with van der Waals surface area (Å²) >= 11 is 0. The van der Waals surface area contributed by atoms with Gasteiger partial charge < -0.3 is 9.13 Å². The third-order valence-corrected chi connectivity index (χ3v) is 6.08. The number of ketones is 1. The van der Waals surface area contributed by atoms with E-state index in [2.05, 4.69) is 45.7 Å². The van der Waals surface area contributed by atoms with Gasteiger partial charge in [0, 0.05) is 36.4 Å². The maximum Gasteiger partial charge on any atom is 0.179 e. The fraction of sp³-hybridized carbons (Fsp3) is 0.280. The Balaban J connectivity index is 0.000000132. The first-order valence-electron chi connectivity index (χ1n) is 10.3. The van der Waals surface area contributed by atoms with Crippen LogP contribution < -0.4 is 0 Å². The summed E-state index contributed by atoms with van der Waals surface area (Å²) in [4.78, 5) is 11.9. The van der Waals surface area contributed by atoms with E-state index in [1.807, 2.05) is 24.4 Å². The summed E-state index contributed by atoms with van der Waals surface area (Å²) in [7, 11) is 0. The van der Waals surface area contributed by atoms with Gasteiger partial charge in [0.1, 0.15) is 0 Å². The normalized spacial score (nSPS) is 14.3. The van der Waals surface area contributed by atoms with Gasteiger partial charge in [-0.25, -0.2) is 0 Å². The van der Waals surface area contributed by atoms with Crippen molar-refractivity contribution in [1.29, 1.82) is 5.26 Å². The van der Waals surface area contributed by atoms with Gasteiger partial charge in [0.05, 0.1) is 23.5 Å². The number of carbonyl (C=O) groups excluding carboxylic acids is 1. The van der Waals surface area contributed by atoms with E-state index in [4.69, 9.17) is 5.26 Å². The van der Waals surface area contributed by atoms with E-state index in [9.17, 15) is 4.79 Å². The van der Waals surface area contributed by atoms with Crippen molar-refractivity contribution in [3.05, 3.63) is 71.5 Å². The SMILES string of the molecule is N#CCC(=O)c1cn2c3c(cccc13)CCC2.c1cc2c3c(c1)ccn3CCC2. The van der Waals surface area contributed by atoms with E-state index in [1.165, 1.54) is 46.9 Å². The lowest BCUT2D eigenvalue weighted by atomic mass is 10.0. The van der Waals surface area contributed by atoms with Crippen LogP contribution in [0.15, 0.2) is 54.9 Å². The fourth-order valence-electron chi connectivity index (χ4n) is 4.81. The third kappa shape index (κ3) is 3.03. The van der Waals surface area contributed by atoms with Crippen molar-refractivity contribution in [3.63, 3.8) is 0 Å². The molecule has 2 aromatic carbocycles. The average Bonchev–Trinajstić information content (AvgIpc) is 3.34. The highest BCUT2D eigenvalue weighted by atomic mass is 16.1. The number of para-hydroxylation sites is 2. The maximum absolute atomic E-state index is 11.9. The summed E-state index contributed by atoms with van der Waals surface area (Å²) in [6, 6.07) is 16.8. The Kier molecular flexibility index (Phi) is 4.44. The Morgan fingerprint density at radius 1 is 0.931 bits per heavy atom. The van der Waals surface area contributed by atoms with Gasteiger partial charge in [0.15, 0.2) is 5.78 Å². The molecule has 2 aromatic heterocycles. The number of hydrogen-bond acceptors (Lipinski definition) is 2. The lowest BCUT2D eigenvalue weighted by Crippen LogP contribution is -2.05. The van der Waals surface area contributed by atoms with Gasteiger partial charge in [-0.1, -0.05) is 36.4 Å². The quantitative estimate of drug-likeness (QED) is 0.444. The maximum atomic E-state index is 11.9. The van der Waals surface area contributed by atoms with Gasteiger partial charge in [0.25, 0.3) is 0 Å². The summed E-state index contributed by atoms with van der Waals surface area (Å²) < 4.78 is 4.52. The van der Waals surface area contributed by atoms with Crippen LogP contribution in [-0.2, 0) is 25.9 Å². The second-order valence-corrected chi connectivity index (χ2v) is 7.88. The molecule has 0 N–H and O–H groups in total. The van der Waals surface area contributed by atoms with Gasteiger partial charge in [-0.15, -0.1) is 0 Å². The minimum atomic E-state index is -0.0738. The van der Waals surface area contributed by atoms with E-state index in [-0.39, 0.29) is 12.2 Å². The van der Waals surface area contributed by atoms with Crippen molar-refractivity contribution in [1.82, 2.24) is 9.13 Å². The Labute approximate surface area is 170 Å². The molecule has 4 heteroatoms. The van der Waals surface area contributed by atoms with Crippen molar-refractivity contribution >= 4 is 27.6 Å². The van der Waals surface area contributed by atoms with Crippen LogP contribution in [0.5, 0.6) is 0 Å². The smallest absolute Gasteiger partial charge is 0.179 e. The zero-order valence-corrected chi connectivity index (χ0v) is 16.4. The zero-order valence-electron chi connectivity index (χ0n) is 16.4. The number of aromatic nitrogens is 2. The van der Waals surface area contributed by atoms with Crippen molar-refractivity contribution in [2.75, 3.05) is 0 Å². The minimum Gasteiger partial charge on any atom is -0.347 e. The van der Waals surface area contributed by atoms with Crippen LogP contribution in [0.2, 0.25) is 0 Å². The van der Waals surface area contributed by atoms with E-state index in [1.54, 1.807) is 0 Å². The molecule has 0 bridgehead atoms. The van der Waals surface area contributed by atoms with Gasteiger partial charge in [0.2, 0.25) is 0 Å². The molecule has 2 aliphatic heterocycles. The number of nitriles is 1. The average molecular weight is 381 g/mol. The minimum absolute atomic E-state index is 0.0384. The van der Waals surface area contributed by atoms with Crippen molar-refractivity contribution in [3.8, 4) is 6.07 Å². The number of aryl methyl sites for hydroxylation is 4. The van der Waals surface area contributed by atoms with Crippen LogP contribution in [0, 0.1) is 11.3 Å². The molecule has 0 spiro atoms. The topological polar surface area (TPSA) is 50.7 Å². The number of nitrogens with zero attached hydrogens (tertiary/aromatic N) is 3. The molecule has 0 saturated heterocycles. The number of carbonyl (C=O) groups is 1. The highest BCUT2D eigenvalue weighted by molar-refractivity contribution is 6.09. The zero-order chi connectivity index (χ0) is 19.8. The second-order valence-electron chi connectivity index (χ2n) is 7.88. The molecule has 0 fully saturated rings. The Morgan fingerprint density at radius 3 is 2.45 bits per heavy atom. The Morgan fingerprint density at radius 2 is 1.66 bits per heavy atom. The van der Waals surface area contributed by atoms with E-state index in [0.717, 1.165) is 24.8 Å². The molecule has 0 saturated carbocycles. The first-order valence-corrected chi connectivity index (χ1v) is 10.3. The van der Waals surface area contributed by atoms with E-state index in [0.29, 0.717) is 5.56 Å². The van der Waals surface area contributed by atoms with Crippen molar-refractivity contribution < 1.29 is 4.79 Å². The predicted octanol–water partition coefficient (Wildman–Crippen LogP) is 5.27. The molecule has 0 amide bonds. The highest BCUT2D eigenvalue weighted by Crippen LogP contribution is 2.30. The number of Topliss-reactive ketones (excluding diaryl/α,β-unsaturated/α-hetero) is 1. The monoisotopic (exact) mass is 381 g/mol. The Hall–Kier alpha value is -3.32. The summed E-state index contributed by atoms with van der Waals surface area (Å²) in [5, 5.41) is 11.0. The largest absolute Gasteiger partial charge is 0.347 e. The van der Waals surface area contributed by atoms with Crippen LogP contribution in [-0.4, -0.2) is 14.9 Å². The van der Waals surface area contributed by atoms with E-state index >= 15 is 0 Å². The second kappa shape index (κ2) is 7.25. The van der Waals surface area contributed by atoms with Crippen LogP contribution >= 0.6 is 0 Å². The lowest BCUT2D eigenvalue weighted by molar-refractivity contribution is 0.0999. The number of benzene rings is 2. The summed E-state index contributed by atoms with van der Waals surface area (Å²) in [5.74, 6) is -0.0738. The molecule has 4 heterocycles. The number of hydrogen-bond donors (Lipinski definition) is 0. The summed E-state index contributed by atoms with van der Waals surface area (Å²) in [6.07, 6.45) is 8.81. The van der Waals surface area contributed by atoms with Crippen LogP contribution in [0.25, 0.3) is 21.8 Å². The molecule has 6 rings (SSSR count). The first-order chi connectivity index (χ1) is 14.3. The molecular weight excluding hydrogens is 358 g/mol. The molecule has 4 aromatic rings. The van der Waals surface area contributed by atoms with Crippen molar-refractivity contribution in [2.24, 2.45) is 0 Å². The highest BCUT2D eigenvalue weighted by Gasteiger charge is 2.19. The molecule has 0 unspecified atom stereocenters. The van der Waals surface area contributed by atoms with Gasteiger partial charge in [-0.05, 0) is 48.3 Å². The molecule has 2 aliphatic rings. The summed E-state index contributed by atoms with van der Waals surface area (Å²) in [6.45, 7) is 2.16. The third-order valence-electron chi connectivity index (χ3n) is 6.08.